The molecule has 0 aliphatic heterocycles. The van der Waals surface area contributed by atoms with Gasteiger partial charge < -0.3 is 15.5 Å². The number of carbonyl (C=O) groups excluding carboxylic acids is 1. The van der Waals surface area contributed by atoms with Crippen LogP contribution in [0.5, 0.6) is 0 Å². The minimum atomic E-state index is -0.225. The number of aromatic nitrogens is 1. The van der Waals surface area contributed by atoms with Crippen molar-refractivity contribution in [3.05, 3.63) is 42.3 Å². The molecule has 150 valence electrons. The average molecular weight is 384 g/mol. The van der Waals surface area contributed by atoms with E-state index in [1.807, 2.05) is 38.1 Å². The van der Waals surface area contributed by atoms with Crippen LogP contribution in [-0.2, 0) is 9.53 Å². The molecule has 1 aliphatic carbocycles. The number of hydrazine groups is 1. The highest BCUT2D eigenvalue weighted by Crippen LogP contribution is 2.33. The molecule has 1 fully saturated rings. The lowest BCUT2D eigenvalue weighted by molar-refractivity contribution is -0.146. The topological polar surface area (TPSA) is 114 Å². The van der Waals surface area contributed by atoms with E-state index >= 15 is 0 Å². The zero-order valence-electron chi connectivity index (χ0n) is 16.6. The molecule has 8 nitrogen and oxygen atoms in total. The Kier molecular flexibility index (Phi) is 8.36. The molecule has 1 heterocycles. The molecule has 1 aromatic heterocycles. The molecule has 28 heavy (non-hydrogen) atoms. The molecule has 0 aromatic carbocycles. The first-order chi connectivity index (χ1) is 13.5. The van der Waals surface area contributed by atoms with Gasteiger partial charge in [-0.3, -0.25) is 4.79 Å². The fraction of sp³-hybridized carbons (Fsp3) is 0.400. The molecule has 2 unspecified atom stereocenters. The van der Waals surface area contributed by atoms with Gasteiger partial charge in [0.2, 0.25) is 0 Å². The molecule has 0 bridgehead atoms. The fourth-order valence-corrected chi connectivity index (χ4v) is 3.04. The van der Waals surface area contributed by atoms with Gasteiger partial charge in [0.15, 0.2) is 0 Å². The highest BCUT2D eigenvalue weighted by atomic mass is 16.5. The summed E-state index contributed by atoms with van der Waals surface area (Å²) in [7, 11) is 0. The van der Waals surface area contributed by atoms with E-state index in [1.165, 1.54) is 6.92 Å². The highest BCUT2D eigenvalue weighted by Gasteiger charge is 2.27. The highest BCUT2D eigenvalue weighted by molar-refractivity contribution is 5.94. The lowest BCUT2D eigenvalue weighted by Gasteiger charge is -2.13. The Balaban J connectivity index is 2.00. The van der Waals surface area contributed by atoms with E-state index in [9.17, 15) is 4.79 Å². The van der Waals surface area contributed by atoms with Crippen LogP contribution in [-0.4, -0.2) is 29.2 Å². The molecule has 0 amide bonds. The second-order valence-corrected chi connectivity index (χ2v) is 6.58. The molecule has 0 saturated heterocycles. The van der Waals surface area contributed by atoms with E-state index in [-0.39, 0.29) is 12.1 Å². The van der Waals surface area contributed by atoms with Crippen molar-refractivity contribution in [2.45, 2.75) is 46.1 Å². The maximum atomic E-state index is 11.1. The molecule has 1 saturated carbocycles. The lowest BCUT2D eigenvalue weighted by Crippen LogP contribution is -2.29. The van der Waals surface area contributed by atoms with Crippen LogP contribution < -0.4 is 16.6 Å². The van der Waals surface area contributed by atoms with Gasteiger partial charge in [-0.2, -0.15) is 0 Å². The van der Waals surface area contributed by atoms with Gasteiger partial charge >= 0.3 is 5.97 Å². The van der Waals surface area contributed by atoms with Crippen molar-refractivity contribution < 1.29 is 9.53 Å². The number of carbonyl (C=O) groups is 1. The predicted molar refractivity (Wildman–Crippen MR) is 112 cm³/mol. The maximum absolute atomic E-state index is 11.1. The summed E-state index contributed by atoms with van der Waals surface area (Å²) in [4.78, 5) is 23.9. The Hall–Kier alpha value is -3.00. The number of ether oxygens (including phenoxy) is 1. The minimum Gasteiger partial charge on any atom is -0.463 e. The van der Waals surface area contributed by atoms with Gasteiger partial charge in [-0.25, -0.2) is 20.8 Å². The number of nitrogens with zero attached hydrogens (tertiary/aromatic N) is 3. The Labute approximate surface area is 165 Å². The fourth-order valence-electron chi connectivity index (χ4n) is 3.04. The first-order valence-electron chi connectivity index (χ1n) is 9.28. The van der Waals surface area contributed by atoms with Gasteiger partial charge in [0.25, 0.3) is 0 Å². The van der Waals surface area contributed by atoms with E-state index in [2.05, 4.69) is 25.7 Å². The van der Waals surface area contributed by atoms with Crippen LogP contribution in [0, 0.1) is 5.92 Å². The van der Waals surface area contributed by atoms with Crippen molar-refractivity contribution in [1.29, 1.82) is 0 Å². The van der Waals surface area contributed by atoms with Crippen LogP contribution in [0.4, 0.5) is 11.5 Å². The molecular formula is C20H28N6O2. The van der Waals surface area contributed by atoms with Gasteiger partial charge in [0.05, 0.1) is 18.2 Å². The quantitative estimate of drug-likeness (QED) is 0.219. The first-order valence-corrected chi connectivity index (χ1v) is 9.28. The van der Waals surface area contributed by atoms with E-state index in [4.69, 9.17) is 10.6 Å². The monoisotopic (exact) mass is 384 g/mol. The van der Waals surface area contributed by atoms with Crippen LogP contribution in [0.2, 0.25) is 0 Å². The Morgan fingerprint density at radius 3 is 2.82 bits per heavy atom. The summed E-state index contributed by atoms with van der Waals surface area (Å²) in [5.41, 5.74) is 4.46. The summed E-state index contributed by atoms with van der Waals surface area (Å²) in [6, 6.07) is 3.65. The van der Waals surface area contributed by atoms with Gasteiger partial charge in [-0.1, -0.05) is 11.6 Å². The van der Waals surface area contributed by atoms with Crippen molar-refractivity contribution in [3.63, 3.8) is 0 Å². The smallest absolute Gasteiger partial charge is 0.302 e. The normalized spacial score (nSPS) is 20.7. The van der Waals surface area contributed by atoms with E-state index in [1.54, 1.807) is 18.7 Å². The van der Waals surface area contributed by atoms with Gasteiger partial charge in [-0.05, 0) is 57.2 Å². The number of allylic oxidation sites excluding steroid dienone is 2. The number of pyridine rings is 1. The Morgan fingerprint density at radius 2 is 2.18 bits per heavy atom. The van der Waals surface area contributed by atoms with Crippen LogP contribution >= 0.6 is 0 Å². The summed E-state index contributed by atoms with van der Waals surface area (Å²) >= 11 is 0. The number of nitrogens with one attached hydrogen (secondary N) is 2. The SMILES string of the molecule is C/C=C\N=CNc1ccc(N=C(/C=C(\C)C2CCC(OC(C)=O)C2)NN)cn1. The summed E-state index contributed by atoms with van der Waals surface area (Å²) < 4.78 is 5.31. The Bertz CT molecular complexity index is 767. The molecule has 8 heteroatoms. The number of hydrogen-bond acceptors (Lipinski definition) is 6. The average Bonchev–Trinajstić information content (AvgIpc) is 3.13. The number of rotatable bonds is 7. The van der Waals surface area contributed by atoms with Gasteiger partial charge in [-0.15, -0.1) is 0 Å². The number of esters is 1. The molecule has 1 aliphatic rings. The number of nitrogens with two attached hydrogens (primary N) is 1. The minimum absolute atomic E-state index is 0.00215. The molecule has 1 aromatic rings. The van der Waals surface area contributed by atoms with Crippen molar-refractivity contribution in [3.8, 4) is 0 Å². The van der Waals surface area contributed by atoms with Crippen LogP contribution in [0.15, 0.2) is 52.2 Å². The van der Waals surface area contributed by atoms with E-state index in [0.717, 1.165) is 24.8 Å². The second-order valence-electron chi connectivity index (χ2n) is 6.58. The van der Waals surface area contributed by atoms with Crippen molar-refractivity contribution in [1.82, 2.24) is 10.4 Å². The Morgan fingerprint density at radius 1 is 1.36 bits per heavy atom. The lowest BCUT2D eigenvalue weighted by atomic mass is 9.98. The number of amidine groups is 1. The van der Waals surface area contributed by atoms with E-state index in [0.29, 0.717) is 23.3 Å². The summed E-state index contributed by atoms with van der Waals surface area (Å²) in [5.74, 6) is 6.98. The van der Waals surface area contributed by atoms with Crippen molar-refractivity contribution in [2.24, 2.45) is 21.7 Å². The van der Waals surface area contributed by atoms with Crippen LogP contribution in [0.3, 0.4) is 0 Å². The standard InChI is InChI=1S/C20H28N6O2/c1-4-9-22-13-24-19-8-6-17(12-23-19)25-20(26-21)10-14(2)16-5-7-18(11-16)28-15(3)27/h4,6,8-10,12-13,16,18H,5,7,11,21H2,1-3H3,(H,25,26)(H,22,23,24)/b9-4-,14-10+. The molecule has 0 radical (unpaired) electrons. The molecule has 2 atom stereocenters. The van der Waals surface area contributed by atoms with Crippen LogP contribution in [0.25, 0.3) is 0 Å². The number of hydrogen-bond donors (Lipinski definition) is 3. The van der Waals surface area contributed by atoms with Crippen molar-refractivity contribution >= 4 is 29.6 Å². The number of anilines is 1. The molecular weight excluding hydrogens is 356 g/mol. The summed E-state index contributed by atoms with van der Waals surface area (Å²) in [6.07, 6.45) is 11.3. The number of aliphatic imine (C=N–C) groups is 2. The third-order valence-corrected chi connectivity index (χ3v) is 4.39. The third-order valence-electron chi connectivity index (χ3n) is 4.39. The molecule has 4 N–H and O–H groups in total. The molecule has 0 spiro atoms. The van der Waals surface area contributed by atoms with E-state index < -0.39 is 0 Å². The third kappa shape index (κ3) is 6.96. The second kappa shape index (κ2) is 11.0. The van der Waals surface area contributed by atoms with Gasteiger partial charge in [0.1, 0.15) is 17.8 Å². The first kappa shape index (κ1) is 21.3. The predicted octanol–water partition coefficient (Wildman–Crippen LogP) is 3.23. The summed E-state index contributed by atoms with van der Waals surface area (Å²) in [6.45, 7) is 5.39. The van der Waals surface area contributed by atoms with Gasteiger partial charge in [0, 0.05) is 13.1 Å². The zero-order chi connectivity index (χ0) is 20.4. The van der Waals surface area contributed by atoms with Crippen molar-refractivity contribution in [2.75, 3.05) is 5.32 Å². The maximum Gasteiger partial charge on any atom is 0.302 e. The summed E-state index contributed by atoms with van der Waals surface area (Å²) in [5, 5.41) is 2.97. The van der Waals surface area contributed by atoms with Crippen LogP contribution in [0.1, 0.15) is 40.0 Å². The largest absolute Gasteiger partial charge is 0.463 e. The zero-order valence-corrected chi connectivity index (χ0v) is 16.6. The molecule has 2 rings (SSSR count).